The van der Waals surface area contributed by atoms with Gasteiger partial charge in [0.25, 0.3) is 0 Å². The van der Waals surface area contributed by atoms with Crippen LogP contribution in [0.2, 0.25) is 0 Å². The van der Waals surface area contributed by atoms with E-state index in [1.54, 1.807) is 7.11 Å². The molecule has 0 radical (unpaired) electrons. The van der Waals surface area contributed by atoms with Gasteiger partial charge in [-0.15, -0.1) is 0 Å². The summed E-state index contributed by atoms with van der Waals surface area (Å²) in [6.07, 6.45) is 1.16. The van der Waals surface area contributed by atoms with Gasteiger partial charge in [0.15, 0.2) is 0 Å². The molecular formula is C30H31NO3. The molecule has 34 heavy (non-hydrogen) atoms. The van der Waals surface area contributed by atoms with Gasteiger partial charge >= 0.3 is 0 Å². The van der Waals surface area contributed by atoms with Crippen molar-refractivity contribution in [2.75, 3.05) is 20.2 Å². The molecule has 0 aliphatic carbocycles. The van der Waals surface area contributed by atoms with Gasteiger partial charge in [0.1, 0.15) is 18.1 Å². The molecule has 1 saturated heterocycles. The van der Waals surface area contributed by atoms with Gasteiger partial charge in [0.05, 0.1) is 19.8 Å². The first kappa shape index (κ1) is 22.5. The first-order valence-electron chi connectivity index (χ1n) is 11.9. The number of hydrogen-bond acceptors (Lipinski definition) is 4. The summed E-state index contributed by atoms with van der Waals surface area (Å²) < 4.78 is 17.9. The molecule has 5 rings (SSSR count). The second-order valence-electron chi connectivity index (χ2n) is 8.80. The molecule has 0 bridgehead atoms. The van der Waals surface area contributed by atoms with Crippen molar-refractivity contribution in [1.82, 2.24) is 5.32 Å². The van der Waals surface area contributed by atoms with Gasteiger partial charge in [-0.3, -0.25) is 0 Å². The largest absolute Gasteiger partial charge is 0.496 e. The van der Waals surface area contributed by atoms with Gasteiger partial charge < -0.3 is 19.5 Å². The first-order valence-corrected chi connectivity index (χ1v) is 11.9. The highest BCUT2D eigenvalue weighted by Crippen LogP contribution is 2.31. The highest BCUT2D eigenvalue weighted by molar-refractivity contribution is 5.82. The van der Waals surface area contributed by atoms with E-state index in [0.29, 0.717) is 19.1 Å². The van der Waals surface area contributed by atoms with Crippen LogP contribution in [0.3, 0.4) is 0 Å². The van der Waals surface area contributed by atoms with Crippen molar-refractivity contribution in [1.29, 1.82) is 0 Å². The third kappa shape index (κ3) is 5.24. The molecule has 0 aromatic heterocycles. The maximum atomic E-state index is 6.38. The molecule has 1 aliphatic heterocycles. The molecule has 0 amide bonds. The molecule has 4 aromatic rings. The van der Waals surface area contributed by atoms with E-state index in [-0.39, 0.29) is 6.10 Å². The van der Waals surface area contributed by atoms with Crippen LogP contribution in [0.25, 0.3) is 10.8 Å². The van der Waals surface area contributed by atoms with E-state index >= 15 is 0 Å². The van der Waals surface area contributed by atoms with Crippen LogP contribution in [-0.2, 0) is 18.0 Å². The van der Waals surface area contributed by atoms with Crippen molar-refractivity contribution in [3.05, 3.63) is 108 Å². The van der Waals surface area contributed by atoms with Crippen LogP contribution in [0.4, 0.5) is 0 Å². The Morgan fingerprint density at radius 3 is 2.47 bits per heavy atom. The topological polar surface area (TPSA) is 39.7 Å². The number of fused-ring (bicyclic) bond motifs is 1. The minimum absolute atomic E-state index is 0.114. The van der Waals surface area contributed by atoms with Crippen molar-refractivity contribution >= 4 is 10.8 Å². The summed E-state index contributed by atoms with van der Waals surface area (Å²) >= 11 is 0. The van der Waals surface area contributed by atoms with Gasteiger partial charge in [-0.25, -0.2) is 0 Å². The average Bonchev–Trinajstić information content (AvgIpc) is 2.91. The summed E-state index contributed by atoms with van der Waals surface area (Å²) in [4.78, 5) is 0. The number of rotatable bonds is 8. The summed E-state index contributed by atoms with van der Waals surface area (Å²) in [5.41, 5.74) is 3.54. The Hall–Kier alpha value is -3.34. The lowest BCUT2D eigenvalue weighted by Gasteiger charge is -2.32. The monoisotopic (exact) mass is 453 g/mol. The molecule has 2 atom stereocenters. The fraction of sp³-hybridized carbons (Fsp3) is 0.267. The zero-order valence-electron chi connectivity index (χ0n) is 19.6. The standard InChI is InChI=1S/C30H31NO3/c1-32-29-9-5-4-8-26(29)21-34-30-19-31-17-16-28(30)24-12-14-27(15-13-24)33-20-22-10-11-23-6-2-3-7-25(23)18-22/h2-15,18,28,30-31H,16-17,19-21H2,1H3. The van der Waals surface area contributed by atoms with Crippen LogP contribution in [0.5, 0.6) is 11.5 Å². The molecule has 4 heteroatoms. The summed E-state index contributed by atoms with van der Waals surface area (Å²) in [5.74, 6) is 2.11. The van der Waals surface area contributed by atoms with Crippen molar-refractivity contribution in [3.63, 3.8) is 0 Å². The number of hydrogen-bond donors (Lipinski definition) is 1. The van der Waals surface area contributed by atoms with Crippen LogP contribution < -0.4 is 14.8 Å². The maximum Gasteiger partial charge on any atom is 0.124 e. The summed E-state index contributed by atoms with van der Waals surface area (Å²) in [5, 5.41) is 5.97. The van der Waals surface area contributed by atoms with Gasteiger partial charge in [0.2, 0.25) is 0 Å². The van der Waals surface area contributed by atoms with Gasteiger partial charge in [-0.1, -0.05) is 66.7 Å². The smallest absolute Gasteiger partial charge is 0.124 e. The van der Waals surface area contributed by atoms with E-state index in [0.717, 1.165) is 36.6 Å². The zero-order chi connectivity index (χ0) is 23.2. The van der Waals surface area contributed by atoms with Crippen LogP contribution >= 0.6 is 0 Å². The molecule has 4 nitrogen and oxygen atoms in total. The highest BCUT2D eigenvalue weighted by atomic mass is 16.5. The lowest BCUT2D eigenvalue weighted by molar-refractivity contribution is 0.00982. The fourth-order valence-corrected chi connectivity index (χ4v) is 4.71. The number of methoxy groups -OCH3 is 1. The second-order valence-corrected chi connectivity index (χ2v) is 8.80. The number of para-hydroxylation sites is 1. The number of piperidine rings is 1. The Kier molecular flexibility index (Phi) is 7.08. The third-order valence-electron chi connectivity index (χ3n) is 6.60. The summed E-state index contributed by atoms with van der Waals surface area (Å²) in [6.45, 7) is 2.95. The Labute approximate surface area is 201 Å². The molecule has 1 fully saturated rings. The van der Waals surface area contributed by atoms with Crippen LogP contribution in [-0.4, -0.2) is 26.3 Å². The quantitative estimate of drug-likeness (QED) is 0.350. The number of benzene rings is 4. The second kappa shape index (κ2) is 10.7. The van der Waals surface area contributed by atoms with Crippen molar-refractivity contribution in [3.8, 4) is 11.5 Å². The van der Waals surface area contributed by atoms with E-state index in [1.807, 2.05) is 18.2 Å². The van der Waals surface area contributed by atoms with E-state index in [2.05, 4.69) is 78.1 Å². The Morgan fingerprint density at radius 1 is 0.824 bits per heavy atom. The minimum Gasteiger partial charge on any atom is -0.496 e. The summed E-state index contributed by atoms with van der Waals surface area (Å²) in [6, 6.07) is 31.5. The summed E-state index contributed by atoms with van der Waals surface area (Å²) in [7, 11) is 1.70. The number of nitrogens with one attached hydrogen (secondary N) is 1. The molecule has 1 heterocycles. The molecule has 1 aliphatic rings. The molecule has 174 valence electrons. The predicted molar refractivity (Wildman–Crippen MR) is 137 cm³/mol. The van der Waals surface area contributed by atoms with E-state index < -0.39 is 0 Å². The van der Waals surface area contributed by atoms with E-state index in [4.69, 9.17) is 14.2 Å². The van der Waals surface area contributed by atoms with Gasteiger partial charge in [-0.05, 0) is 59.1 Å². The van der Waals surface area contributed by atoms with Crippen LogP contribution in [0, 0.1) is 0 Å². The Balaban J connectivity index is 1.22. The lowest BCUT2D eigenvalue weighted by Crippen LogP contribution is -2.40. The minimum atomic E-state index is 0.114. The average molecular weight is 454 g/mol. The maximum absolute atomic E-state index is 6.38. The zero-order valence-corrected chi connectivity index (χ0v) is 19.6. The van der Waals surface area contributed by atoms with Crippen molar-refractivity contribution < 1.29 is 14.2 Å². The van der Waals surface area contributed by atoms with Crippen molar-refractivity contribution in [2.24, 2.45) is 0 Å². The lowest BCUT2D eigenvalue weighted by atomic mass is 9.87. The van der Waals surface area contributed by atoms with Crippen molar-refractivity contribution in [2.45, 2.75) is 31.7 Å². The molecule has 0 saturated carbocycles. The van der Waals surface area contributed by atoms with Gasteiger partial charge in [0, 0.05) is 18.0 Å². The van der Waals surface area contributed by atoms with E-state index in [9.17, 15) is 0 Å². The molecule has 0 spiro atoms. The highest BCUT2D eigenvalue weighted by Gasteiger charge is 2.27. The van der Waals surface area contributed by atoms with E-state index in [1.165, 1.54) is 21.9 Å². The van der Waals surface area contributed by atoms with Crippen LogP contribution in [0.1, 0.15) is 29.0 Å². The SMILES string of the molecule is COc1ccccc1COC1CNCCC1c1ccc(OCc2ccc3ccccc3c2)cc1. The van der Waals surface area contributed by atoms with Crippen LogP contribution in [0.15, 0.2) is 91.0 Å². The normalized spacial score (nSPS) is 18.0. The molecule has 2 unspecified atom stereocenters. The fourth-order valence-electron chi connectivity index (χ4n) is 4.71. The third-order valence-corrected chi connectivity index (χ3v) is 6.60. The predicted octanol–water partition coefficient (Wildman–Crippen LogP) is 6.09. The first-order chi connectivity index (χ1) is 16.8. The van der Waals surface area contributed by atoms with Gasteiger partial charge in [-0.2, -0.15) is 0 Å². The Bertz CT molecular complexity index is 1220. The molecule has 4 aromatic carbocycles. The Morgan fingerprint density at radius 2 is 1.62 bits per heavy atom. The molecular weight excluding hydrogens is 422 g/mol. The molecule has 1 N–H and O–H groups in total. The number of ether oxygens (including phenoxy) is 3.